The van der Waals surface area contributed by atoms with Gasteiger partial charge in [-0.25, -0.2) is 0 Å². The quantitative estimate of drug-likeness (QED) is 0.777. The Morgan fingerprint density at radius 3 is 2.41 bits per heavy atom. The smallest absolute Gasteiger partial charge is 0.256 e. The minimum absolute atomic E-state index is 0.00306. The van der Waals surface area contributed by atoms with E-state index in [1.165, 1.54) is 48.1 Å². The van der Waals surface area contributed by atoms with Gasteiger partial charge in [-0.1, -0.05) is 25.3 Å². The average Bonchev–Trinajstić information content (AvgIpc) is 2.97. The van der Waals surface area contributed by atoms with E-state index >= 15 is 0 Å². The summed E-state index contributed by atoms with van der Waals surface area (Å²) in [5, 5.41) is 5.03. The van der Waals surface area contributed by atoms with Crippen molar-refractivity contribution < 1.29 is 4.79 Å². The number of anilines is 1. The number of hydrogen-bond donors (Lipinski definition) is 1. The number of benzene rings is 1. The summed E-state index contributed by atoms with van der Waals surface area (Å²) in [5.41, 5.74) is 4.02. The van der Waals surface area contributed by atoms with Crippen LogP contribution in [0.1, 0.15) is 64.4 Å². The maximum Gasteiger partial charge on any atom is 0.256 e. The lowest BCUT2D eigenvalue weighted by atomic mass is 9.88. The van der Waals surface area contributed by atoms with Crippen LogP contribution in [0.5, 0.6) is 0 Å². The molecular weight excluding hydrogens is 290 g/mol. The lowest BCUT2D eigenvalue weighted by Gasteiger charge is -2.19. The minimum atomic E-state index is 0.00306. The summed E-state index contributed by atoms with van der Waals surface area (Å²) in [7, 11) is 0. The van der Waals surface area contributed by atoms with Crippen molar-refractivity contribution in [2.75, 3.05) is 5.32 Å². The van der Waals surface area contributed by atoms with Crippen LogP contribution in [0.4, 0.5) is 5.69 Å². The van der Waals surface area contributed by atoms with Crippen LogP contribution in [0.2, 0.25) is 0 Å². The molecule has 0 atom stereocenters. The van der Waals surface area contributed by atoms with E-state index in [9.17, 15) is 4.79 Å². The standard InChI is InChI=1S/C19H23NOS/c1-13-8-14(2)10-17(9-13)20-19(21)16-11-18(22-12-16)15-6-4-3-5-7-15/h8-12,15H,3-7H2,1-2H3,(H,20,21). The van der Waals surface area contributed by atoms with Gasteiger partial charge in [-0.2, -0.15) is 0 Å². The third-order valence-corrected chi connectivity index (χ3v) is 5.46. The second-order valence-electron chi connectivity index (χ2n) is 6.40. The fourth-order valence-electron chi connectivity index (χ4n) is 3.32. The van der Waals surface area contributed by atoms with Crippen molar-refractivity contribution in [1.82, 2.24) is 0 Å². The molecule has 1 aromatic heterocycles. The van der Waals surface area contributed by atoms with Gasteiger partial charge in [0, 0.05) is 15.9 Å². The molecule has 2 aromatic rings. The number of carbonyl (C=O) groups is 1. The van der Waals surface area contributed by atoms with Crippen LogP contribution in [-0.4, -0.2) is 5.91 Å². The molecule has 1 amide bonds. The largest absolute Gasteiger partial charge is 0.322 e. The van der Waals surface area contributed by atoms with E-state index in [0.717, 1.165) is 11.3 Å². The highest BCUT2D eigenvalue weighted by Gasteiger charge is 2.19. The molecule has 0 saturated heterocycles. The number of amides is 1. The van der Waals surface area contributed by atoms with Crippen LogP contribution in [0.3, 0.4) is 0 Å². The van der Waals surface area contributed by atoms with Crippen molar-refractivity contribution in [2.45, 2.75) is 51.9 Å². The predicted octanol–water partition coefficient (Wildman–Crippen LogP) is 5.66. The molecule has 1 aromatic carbocycles. The van der Waals surface area contributed by atoms with Gasteiger partial charge in [0.05, 0.1) is 5.56 Å². The van der Waals surface area contributed by atoms with Crippen LogP contribution < -0.4 is 5.32 Å². The molecule has 3 heteroatoms. The summed E-state index contributed by atoms with van der Waals surface area (Å²) in [4.78, 5) is 13.8. The van der Waals surface area contributed by atoms with Crippen LogP contribution in [0.15, 0.2) is 29.6 Å². The zero-order valence-corrected chi connectivity index (χ0v) is 14.1. The molecule has 116 valence electrons. The fraction of sp³-hybridized carbons (Fsp3) is 0.421. The average molecular weight is 313 g/mol. The van der Waals surface area contributed by atoms with Gasteiger partial charge in [-0.05, 0) is 61.9 Å². The van der Waals surface area contributed by atoms with Crippen LogP contribution in [0, 0.1) is 13.8 Å². The van der Waals surface area contributed by atoms with Gasteiger partial charge in [0.1, 0.15) is 0 Å². The first kappa shape index (κ1) is 15.3. The topological polar surface area (TPSA) is 29.1 Å². The van der Waals surface area contributed by atoms with E-state index < -0.39 is 0 Å². The van der Waals surface area contributed by atoms with Crippen LogP contribution >= 0.6 is 11.3 Å². The first-order valence-corrected chi connectivity index (χ1v) is 8.98. The van der Waals surface area contributed by atoms with Crippen molar-refractivity contribution in [3.8, 4) is 0 Å². The van der Waals surface area contributed by atoms with E-state index in [1.54, 1.807) is 11.3 Å². The second kappa shape index (κ2) is 6.66. The molecule has 1 fully saturated rings. The number of rotatable bonds is 3. The molecule has 1 aliphatic carbocycles. The van der Waals surface area contributed by atoms with Crippen molar-refractivity contribution in [2.24, 2.45) is 0 Å². The molecular formula is C19H23NOS. The summed E-state index contributed by atoms with van der Waals surface area (Å²) >= 11 is 1.74. The highest BCUT2D eigenvalue weighted by molar-refractivity contribution is 7.10. The monoisotopic (exact) mass is 313 g/mol. The third kappa shape index (κ3) is 3.58. The van der Waals surface area contributed by atoms with Crippen LogP contribution in [0.25, 0.3) is 0 Å². The molecule has 0 bridgehead atoms. The van der Waals surface area contributed by atoms with Crippen molar-refractivity contribution in [1.29, 1.82) is 0 Å². The Balaban J connectivity index is 1.71. The number of carbonyl (C=O) groups excluding carboxylic acids is 1. The van der Waals surface area contributed by atoms with Crippen molar-refractivity contribution in [3.05, 3.63) is 51.2 Å². The first-order chi connectivity index (χ1) is 10.6. The van der Waals surface area contributed by atoms with Crippen molar-refractivity contribution >= 4 is 22.9 Å². The molecule has 3 rings (SSSR count). The van der Waals surface area contributed by atoms with Gasteiger partial charge in [-0.15, -0.1) is 11.3 Å². The molecule has 1 aliphatic rings. The Bertz CT molecular complexity index is 648. The molecule has 0 unspecified atom stereocenters. The Morgan fingerprint density at radius 2 is 1.73 bits per heavy atom. The predicted molar refractivity (Wildman–Crippen MR) is 94.0 cm³/mol. The molecule has 1 N–H and O–H groups in total. The molecule has 2 nitrogen and oxygen atoms in total. The molecule has 0 radical (unpaired) electrons. The Hall–Kier alpha value is -1.61. The first-order valence-electron chi connectivity index (χ1n) is 8.10. The SMILES string of the molecule is Cc1cc(C)cc(NC(=O)c2csc(C3CCCCC3)c2)c1. The normalized spacial score (nSPS) is 15.7. The van der Waals surface area contributed by atoms with E-state index in [1.807, 2.05) is 17.5 Å². The van der Waals surface area contributed by atoms with Gasteiger partial charge in [-0.3, -0.25) is 4.79 Å². The summed E-state index contributed by atoms with van der Waals surface area (Å²) in [6, 6.07) is 8.23. The lowest BCUT2D eigenvalue weighted by Crippen LogP contribution is -2.11. The second-order valence-corrected chi connectivity index (χ2v) is 7.35. The lowest BCUT2D eigenvalue weighted by molar-refractivity contribution is 0.102. The summed E-state index contributed by atoms with van der Waals surface area (Å²) in [6.07, 6.45) is 6.57. The molecule has 22 heavy (non-hydrogen) atoms. The molecule has 1 heterocycles. The maximum atomic E-state index is 12.4. The Kier molecular flexibility index (Phi) is 4.63. The highest BCUT2D eigenvalue weighted by Crippen LogP contribution is 2.36. The number of thiophene rings is 1. The van der Waals surface area contributed by atoms with Crippen molar-refractivity contribution in [3.63, 3.8) is 0 Å². The van der Waals surface area contributed by atoms with Crippen LogP contribution in [-0.2, 0) is 0 Å². The third-order valence-electron chi connectivity index (χ3n) is 4.37. The van der Waals surface area contributed by atoms with E-state index in [2.05, 4.69) is 31.3 Å². The maximum absolute atomic E-state index is 12.4. The molecule has 0 spiro atoms. The minimum Gasteiger partial charge on any atom is -0.322 e. The zero-order chi connectivity index (χ0) is 15.5. The summed E-state index contributed by atoms with van der Waals surface area (Å²) in [6.45, 7) is 4.10. The summed E-state index contributed by atoms with van der Waals surface area (Å²) in [5.74, 6) is 0.671. The number of hydrogen-bond acceptors (Lipinski definition) is 2. The Labute approximate surface area is 136 Å². The number of nitrogens with one attached hydrogen (secondary N) is 1. The zero-order valence-electron chi connectivity index (χ0n) is 13.3. The van der Waals surface area contributed by atoms with E-state index in [-0.39, 0.29) is 5.91 Å². The van der Waals surface area contributed by atoms with Gasteiger partial charge < -0.3 is 5.32 Å². The molecule has 1 saturated carbocycles. The van der Waals surface area contributed by atoms with E-state index in [4.69, 9.17) is 0 Å². The van der Waals surface area contributed by atoms with E-state index in [0.29, 0.717) is 5.92 Å². The highest BCUT2D eigenvalue weighted by atomic mass is 32.1. The van der Waals surface area contributed by atoms with Gasteiger partial charge >= 0.3 is 0 Å². The Morgan fingerprint density at radius 1 is 1.05 bits per heavy atom. The molecule has 0 aliphatic heterocycles. The van der Waals surface area contributed by atoms with Gasteiger partial charge in [0.15, 0.2) is 0 Å². The number of aryl methyl sites for hydroxylation is 2. The van der Waals surface area contributed by atoms with Gasteiger partial charge in [0.2, 0.25) is 0 Å². The fourth-order valence-corrected chi connectivity index (χ4v) is 4.38. The van der Waals surface area contributed by atoms with Gasteiger partial charge in [0.25, 0.3) is 5.91 Å². The summed E-state index contributed by atoms with van der Waals surface area (Å²) < 4.78 is 0.